The molecule has 8 heteroatoms. The second kappa shape index (κ2) is 7.88. The number of rotatable bonds is 5. The van der Waals surface area contributed by atoms with Crippen LogP contribution in [0.1, 0.15) is 5.69 Å². The first-order valence-electron chi connectivity index (χ1n) is 6.39. The third-order valence-corrected chi connectivity index (χ3v) is 2.84. The molecule has 1 aromatic carbocycles. The summed E-state index contributed by atoms with van der Waals surface area (Å²) in [6.45, 7) is 1.92. The molecule has 1 unspecified atom stereocenters. The Bertz CT molecular complexity index is 630. The Labute approximate surface area is 133 Å². The molecule has 1 aromatic heterocycles. The van der Waals surface area contributed by atoms with Crippen molar-refractivity contribution in [3.63, 3.8) is 0 Å². The number of benzene rings is 1. The highest BCUT2D eigenvalue weighted by molar-refractivity contribution is 5.94. The minimum absolute atomic E-state index is 0. The smallest absolute Gasteiger partial charge is 0.244 e. The van der Waals surface area contributed by atoms with Gasteiger partial charge in [-0.15, -0.1) is 12.4 Å². The van der Waals surface area contributed by atoms with Crippen LogP contribution < -0.4 is 11.1 Å². The SMILES string of the molecule is COCC(N)C(=O)Nc1cc(C)nn1-c1ccc(F)cc1.Cl. The van der Waals surface area contributed by atoms with E-state index < -0.39 is 6.04 Å². The van der Waals surface area contributed by atoms with E-state index in [0.29, 0.717) is 11.5 Å². The van der Waals surface area contributed by atoms with Gasteiger partial charge >= 0.3 is 0 Å². The molecule has 2 rings (SSSR count). The lowest BCUT2D eigenvalue weighted by Gasteiger charge is -2.12. The molecule has 1 amide bonds. The van der Waals surface area contributed by atoms with Crippen LogP contribution >= 0.6 is 12.4 Å². The van der Waals surface area contributed by atoms with Crippen LogP contribution in [0, 0.1) is 12.7 Å². The van der Waals surface area contributed by atoms with Crippen molar-refractivity contribution < 1.29 is 13.9 Å². The molecule has 0 fully saturated rings. The van der Waals surface area contributed by atoms with Crippen molar-refractivity contribution in [3.05, 3.63) is 41.8 Å². The molecule has 0 bridgehead atoms. The maximum absolute atomic E-state index is 13.0. The van der Waals surface area contributed by atoms with Gasteiger partial charge in [0.05, 0.1) is 18.0 Å². The fourth-order valence-corrected chi connectivity index (χ4v) is 1.84. The van der Waals surface area contributed by atoms with Crippen molar-refractivity contribution in [2.24, 2.45) is 5.73 Å². The summed E-state index contributed by atoms with van der Waals surface area (Å²) < 4.78 is 19.3. The van der Waals surface area contributed by atoms with E-state index in [1.54, 1.807) is 25.1 Å². The van der Waals surface area contributed by atoms with E-state index in [4.69, 9.17) is 10.5 Å². The zero-order valence-corrected chi connectivity index (χ0v) is 13.1. The Morgan fingerprint density at radius 3 is 2.68 bits per heavy atom. The molecular formula is C14H18ClFN4O2. The summed E-state index contributed by atoms with van der Waals surface area (Å²) >= 11 is 0. The lowest BCUT2D eigenvalue weighted by Crippen LogP contribution is -2.39. The number of amides is 1. The fourth-order valence-electron chi connectivity index (χ4n) is 1.84. The van der Waals surface area contributed by atoms with Gasteiger partial charge in [-0.05, 0) is 31.2 Å². The monoisotopic (exact) mass is 328 g/mol. The van der Waals surface area contributed by atoms with Crippen LogP contribution in [0.4, 0.5) is 10.2 Å². The van der Waals surface area contributed by atoms with Crippen LogP contribution in [-0.2, 0) is 9.53 Å². The maximum Gasteiger partial charge on any atom is 0.244 e. The van der Waals surface area contributed by atoms with E-state index >= 15 is 0 Å². The first kappa shape index (κ1) is 18.1. The van der Waals surface area contributed by atoms with Crippen LogP contribution in [-0.4, -0.2) is 35.4 Å². The van der Waals surface area contributed by atoms with Gasteiger partial charge in [0.25, 0.3) is 0 Å². The van der Waals surface area contributed by atoms with E-state index in [9.17, 15) is 9.18 Å². The number of methoxy groups -OCH3 is 1. The number of aryl methyl sites for hydroxylation is 1. The number of nitrogens with zero attached hydrogens (tertiary/aromatic N) is 2. The molecule has 1 heterocycles. The average molecular weight is 329 g/mol. The Kier molecular flexibility index (Phi) is 6.48. The first-order valence-corrected chi connectivity index (χ1v) is 6.39. The van der Waals surface area contributed by atoms with Gasteiger partial charge in [-0.25, -0.2) is 9.07 Å². The van der Waals surface area contributed by atoms with Crippen molar-refractivity contribution in [2.45, 2.75) is 13.0 Å². The number of carbonyl (C=O) groups excluding carboxylic acids is 1. The molecule has 0 aliphatic heterocycles. The number of carbonyl (C=O) groups is 1. The maximum atomic E-state index is 13.0. The summed E-state index contributed by atoms with van der Waals surface area (Å²) in [6.07, 6.45) is 0. The molecule has 0 aliphatic carbocycles. The molecule has 0 saturated heterocycles. The molecule has 120 valence electrons. The van der Waals surface area contributed by atoms with Gasteiger partial charge in [0.2, 0.25) is 5.91 Å². The van der Waals surface area contributed by atoms with Crippen LogP contribution in [0.5, 0.6) is 0 Å². The molecule has 6 nitrogen and oxygen atoms in total. The summed E-state index contributed by atoms with van der Waals surface area (Å²) in [5, 5.41) is 6.97. The largest absolute Gasteiger partial charge is 0.383 e. The summed E-state index contributed by atoms with van der Waals surface area (Å²) in [5.41, 5.74) is 7.03. The quantitative estimate of drug-likeness (QED) is 0.874. The van der Waals surface area contributed by atoms with Crippen molar-refractivity contribution >= 4 is 24.1 Å². The number of hydrogen-bond acceptors (Lipinski definition) is 4. The van der Waals surface area contributed by atoms with E-state index in [2.05, 4.69) is 10.4 Å². The van der Waals surface area contributed by atoms with Gasteiger partial charge in [0.1, 0.15) is 17.7 Å². The van der Waals surface area contributed by atoms with Crippen LogP contribution in [0.2, 0.25) is 0 Å². The predicted octanol–water partition coefficient (Wildman–Crippen LogP) is 1.65. The Morgan fingerprint density at radius 1 is 1.45 bits per heavy atom. The van der Waals surface area contributed by atoms with Crippen molar-refractivity contribution in [1.29, 1.82) is 0 Å². The van der Waals surface area contributed by atoms with Crippen LogP contribution in [0.15, 0.2) is 30.3 Å². The number of ether oxygens (including phenoxy) is 1. The molecule has 0 spiro atoms. The standard InChI is InChI=1S/C14H17FN4O2.ClH/c1-9-7-13(17-14(20)12(16)8-21-2)19(18-9)11-5-3-10(15)4-6-11;/h3-7,12H,8,16H2,1-2H3,(H,17,20);1H. The molecule has 0 radical (unpaired) electrons. The van der Waals surface area contributed by atoms with Gasteiger partial charge in [0, 0.05) is 13.2 Å². The average Bonchev–Trinajstić information content (AvgIpc) is 2.80. The summed E-state index contributed by atoms with van der Waals surface area (Å²) in [7, 11) is 1.47. The third kappa shape index (κ3) is 4.27. The number of aromatic nitrogens is 2. The Hall–Kier alpha value is -1.96. The summed E-state index contributed by atoms with van der Waals surface area (Å²) in [4.78, 5) is 11.9. The number of hydrogen-bond donors (Lipinski definition) is 2. The van der Waals surface area contributed by atoms with Gasteiger partial charge in [-0.2, -0.15) is 5.10 Å². The zero-order valence-electron chi connectivity index (χ0n) is 12.2. The molecule has 1 atom stereocenters. The van der Waals surface area contributed by atoms with Crippen LogP contribution in [0.3, 0.4) is 0 Å². The molecular weight excluding hydrogens is 311 g/mol. The summed E-state index contributed by atoms with van der Waals surface area (Å²) in [6, 6.07) is 6.75. The van der Waals surface area contributed by atoms with Crippen molar-refractivity contribution in [2.75, 3.05) is 19.0 Å². The number of anilines is 1. The minimum atomic E-state index is -0.771. The molecule has 0 saturated carbocycles. The minimum Gasteiger partial charge on any atom is -0.383 e. The number of nitrogens with one attached hydrogen (secondary N) is 1. The fraction of sp³-hybridized carbons (Fsp3) is 0.286. The van der Waals surface area contributed by atoms with Gasteiger partial charge in [-0.1, -0.05) is 0 Å². The molecule has 22 heavy (non-hydrogen) atoms. The van der Waals surface area contributed by atoms with Gasteiger partial charge in [0.15, 0.2) is 0 Å². The molecule has 2 aromatic rings. The second-order valence-electron chi connectivity index (χ2n) is 4.61. The van der Waals surface area contributed by atoms with E-state index in [1.807, 2.05) is 0 Å². The number of halogens is 2. The normalized spacial score (nSPS) is 11.6. The first-order chi connectivity index (χ1) is 10.0. The Morgan fingerprint density at radius 2 is 2.09 bits per heavy atom. The Balaban J connectivity index is 0.00000242. The molecule has 3 N–H and O–H groups in total. The third-order valence-electron chi connectivity index (χ3n) is 2.84. The highest BCUT2D eigenvalue weighted by Gasteiger charge is 2.16. The van der Waals surface area contributed by atoms with Crippen LogP contribution in [0.25, 0.3) is 5.69 Å². The van der Waals surface area contributed by atoms with E-state index in [1.165, 1.54) is 23.9 Å². The highest BCUT2D eigenvalue weighted by atomic mass is 35.5. The van der Waals surface area contributed by atoms with E-state index in [0.717, 1.165) is 5.69 Å². The second-order valence-corrected chi connectivity index (χ2v) is 4.61. The molecule has 0 aliphatic rings. The van der Waals surface area contributed by atoms with Gasteiger partial charge in [-0.3, -0.25) is 4.79 Å². The predicted molar refractivity (Wildman–Crippen MR) is 84.0 cm³/mol. The van der Waals surface area contributed by atoms with Crippen molar-refractivity contribution in [1.82, 2.24) is 9.78 Å². The zero-order chi connectivity index (χ0) is 15.4. The number of nitrogens with two attached hydrogens (primary N) is 1. The summed E-state index contributed by atoms with van der Waals surface area (Å²) in [5.74, 6) is -0.244. The van der Waals surface area contributed by atoms with E-state index in [-0.39, 0.29) is 30.7 Å². The lowest BCUT2D eigenvalue weighted by atomic mass is 10.3. The lowest BCUT2D eigenvalue weighted by molar-refractivity contribution is -0.118. The topological polar surface area (TPSA) is 82.2 Å². The van der Waals surface area contributed by atoms with Gasteiger partial charge < -0.3 is 15.8 Å². The van der Waals surface area contributed by atoms with Crippen molar-refractivity contribution in [3.8, 4) is 5.69 Å². The highest BCUT2D eigenvalue weighted by Crippen LogP contribution is 2.17.